The van der Waals surface area contributed by atoms with Crippen LogP contribution >= 0.6 is 35.3 Å². The van der Waals surface area contributed by atoms with Crippen molar-refractivity contribution in [2.75, 3.05) is 44.3 Å². The van der Waals surface area contributed by atoms with Gasteiger partial charge in [0.2, 0.25) is 0 Å². The first-order valence-electron chi connectivity index (χ1n) is 12.1. The molecule has 37 heavy (non-hydrogen) atoms. The van der Waals surface area contributed by atoms with Crippen molar-refractivity contribution >= 4 is 56.6 Å². The van der Waals surface area contributed by atoms with Crippen LogP contribution in [-0.2, 0) is 4.74 Å². The number of anilines is 1. The van der Waals surface area contributed by atoms with Crippen molar-refractivity contribution in [3.8, 4) is 11.5 Å². The maximum atomic E-state index is 13.7. The van der Waals surface area contributed by atoms with E-state index in [1.807, 2.05) is 73.7 Å². The number of thiazole rings is 1. The Morgan fingerprint density at radius 3 is 2.51 bits per heavy atom. The Hall–Kier alpha value is -2.68. The molecule has 1 amide bonds. The van der Waals surface area contributed by atoms with Crippen molar-refractivity contribution in [2.45, 2.75) is 13.3 Å². The van der Waals surface area contributed by atoms with Crippen molar-refractivity contribution in [3.63, 3.8) is 0 Å². The fourth-order valence-electron chi connectivity index (χ4n) is 4.27. The van der Waals surface area contributed by atoms with E-state index in [1.54, 1.807) is 4.90 Å². The van der Waals surface area contributed by atoms with Gasteiger partial charge in [-0.25, -0.2) is 4.98 Å². The van der Waals surface area contributed by atoms with E-state index in [0.717, 1.165) is 60.8 Å². The molecule has 1 aliphatic heterocycles. The molecular formula is C28H29Cl2N3O3S. The van der Waals surface area contributed by atoms with E-state index >= 15 is 0 Å². The number of hydrogen-bond donors (Lipinski definition) is 0. The number of carbonyl (C=O) groups excluding carboxylic acids is 1. The molecule has 0 unspecified atom stereocenters. The van der Waals surface area contributed by atoms with E-state index in [-0.39, 0.29) is 18.3 Å². The molecule has 0 aliphatic carbocycles. The molecule has 0 radical (unpaired) electrons. The summed E-state index contributed by atoms with van der Waals surface area (Å²) in [5, 5.41) is 1.36. The fraction of sp³-hybridized carbons (Fsp3) is 0.286. The smallest absolute Gasteiger partial charge is 0.260 e. The summed E-state index contributed by atoms with van der Waals surface area (Å²) in [6.07, 6.45) is 0.844. The topological polar surface area (TPSA) is 54.9 Å². The van der Waals surface area contributed by atoms with Gasteiger partial charge < -0.3 is 9.47 Å². The number of rotatable bonds is 8. The van der Waals surface area contributed by atoms with E-state index in [4.69, 9.17) is 26.1 Å². The first-order valence-corrected chi connectivity index (χ1v) is 13.3. The van der Waals surface area contributed by atoms with Crippen LogP contribution in [-0.4, -0.2) is 55.2 Å². The maximum Gasteiger partial charge on any atom is 0.260 e. The lowest BCUT2D eigenvalue weighted by atomic mass is 10.2. The standard InChI is InChI=1S/C28H28ClN3O3S.ClH/c1-20-18-22(29)19-25-26(20)30-28(36-25)32(13-5-12-31-14-16-34-17-15-31)27(33)21-8-10-24(11-9-21)35-23-6-3-2-4-7-23;/h2-4,6-11,18-19H,5,12-17H2,1H3;1H. The van der Waals surface area contributed by atoms with E-state index in [2.05, 4.69) is 4.90 Å². The summed E-state index contributed by atoms with van der Waals surface area (Å²) < 4.78 is 12.3. The number of carbonyl (C=O) groups is 1. The van der Waals surface area contributed by atoms with Crippen LogP contribution in [0.1, 0.15) is 22.3 Å². The van der Waals surface area contributed by atoms with E-state index < -0.39 is 0 Å². The molecule has 4 aromatic rings. The molecule has 1 aromatic heterocycles. The van der Waals surface area contributed by atoms with Crippen molar-refractivity contribution in [1.82, 2.24) is 9.88 Å². The van der Waals surface area contributed by atoms with E-state index in [0.29, 0.717) is 28.0 Å². The zero-order chi connectivity index (χ0) is 24.9. The Morgan fingerprint density at radius 1 is 1.08 bits per heavy atom. The van der Waals surface area contributed by atoms with Gasteiger partial charge in [-0.15, -0.1) is 12.4 Å². The number of aromatic nitrogens is 1. The Labute approximate surface area is 232 Å². The highest BCUT2D eigenvalue weighted by atomic mass is 35.5. The number of benzene rings is 3. The number of hydrogen-bond acceptors (Lipinski definition) is 6. The zero-order valence-corrected chi connectivity index (χ0v) is 23.0. The zero-order valence-electron chi connectivity index (χ0n) is 20.6. The largest absolute Gasteiger partial charge is 0.457 e. The van der Waals surface area contributed by atoms with Gasteiger partial charge >= 0.3 is 0 Å². The summed E-state index contributed by atoms with van der Waals surface area (Å²) in [7, 11) is 0. The molecule has 2 heterocycles. The third kappa shape index (κ3) is 6.80. The number of para-hydroxylation sites is 1. The molecule has 6 nitrogen and oxygen atoms in total. The first-order chi connectivity index (χ1) is 17.6. The second-order valence-electron chi connectivity index (χ2n) is 8.77. The molecule has 1 fully saturated rings. The van der Waals surface area contributed by atoms with Gasteiger partial charge in [-0.2, -0.15) is 0 Å². The number of aryl methyl sites for hydroxylation is 1. The number of nitrogens with zero attached hydrogens (tertiary/aromatic N) is 3. The lowest BCUT2D eigenvalue weighted by Crippen LogP contribution is -2.39. The average molecular weight is 559 g/mol. The molecule has 3 aromatic carbocycles. The minimum Gasteiger partial charge on any atom is -0.457 e. The summed E-state index contributed by atoms with van der Waals surface area (Å²) in [5.41, 5.74) is 2.48. The minimum atomic E-state index is -0.0777. The molecule has 5 rings (SSSR count). The predicted molar refractivity (Wildman–Crippen MR) is 153 cm³/mol. The van der Waals surface area contributed by atoms with Crippen LogP contribution in [0.15, 0.2) is 66.7 Å². The summed E-state index contributed by atoms with van der Waals surface area (Å²) in [4.78, 5) is 22.7. The third-order valence-corrected chi connectivity index (χ3v) is 7.40. The molecule has 9 heteroatoms. The normalized spacial score (nSPS) is 13.8. The van der Waals surface area contributed by atoms with Crippen molar-refractivity contribution in [2.24, 2.45) is 0 Å². The Morgan fingerprint density at radius 2 is 1.78 bits per heavy atom. The van der Waals surface area contributed by atoms with Gasteiger partial charge in [0.15, 0.2) is 5.13 Å². The van der Waals surface area contributed by atoms with Gasteiger partial charge in [-0.1, -0.05) is 41.1 Å². The highest BCUT2D eigenvalue weighted by molar-refractivity contribution is 7.22. The quantitative estimate of drug-likeness (QED) is 0.237. The molecule has 0 spiro atoms. The summed E-state index contributed by atoms with van der Waals surface area (Å²) >= 11 is 7.78. The van der Waals surface area contributed by atoms with Crippen LogP contribution in [0.2, 0.25) is 5.02 Å². The Balaban J connectivity index is 0.00000320. The highest BCUT2D eigenvalue weighted by Crippen LogP contribution is 2.34. The summed E-state index contributed by atoms with van der Waals surface area (Å²) in [6, 6.07) is 20.7. The number of halogens is 2. The molecule has 0 N–H and O–H groups in total. The molecule has 194 valence electrons. The number of ether oxygens (including phenoxy) is 2. The lowest BCUT2D eigenvalue weighted by molar-refractivity contribution is 0.0376. The summed E-state index contributed by atoms with van der Waals surface area (Å²) in [5.74, 6) is 1.36. The number of morpholine rings is 1. The van der Waals surface area contributed by atoms with Crippen LogP contribution < -0.4 is 9.64 Å². The Bertz CT molecular complexity index is 1330. The monoisotopic (exact) mass is 557 g/mol. The van der Waals surface area contributed by atoms with E-state index in [9.17, 15) is 4.79 Å². The van der Waals surface area contributed by atoms with Gasteiger partial charge in [-0.05, 0) is 67.4 Å². The van der Waals surface area contributed by atoms with Crippen LogP contribution in [0.25, 0.3) is 10.2 Å². The van der Waals surface area contributed by atoms with Crippen molar-refractivity contribution < 1.29 is 14.3 Å². The molecule has 0 bridgehead atoms. The van der Waals surface area contributed by atoms with Crippen LogP contribution in [0.4, 0.5) is 5.13 Å². The number of amides is 1. The van der Waals surface area contributed by atoms with E-state index in [1.165, 1.54) is 11.3 Å². The fourth-order valence-corrected chi connectivity index (χ4v) is 5.71. The second kappa shape index (κ2) is 12.7. The lowest BCUT2D eigenvalue weighted by Gasteiger charge is -2.27. The van der Waals surface area contributed by atoms with Crippen LogP contribution in [0.3, 0.4) is 0 Å². The van der Waals surface area contributed by atoms with Crippen molar-refractivity contribution in [1.29, 1.82) is 0 Å². The van der Waals surface area contributed by atoms with Crippen LogP contribution in [0, 0.1) is 6.92 Å². The molecule has 0 atom stereocenters. The SMILES string of the molecule is Cc1cc(Cl)cc2sc(N(CCCN3CCOCC3)C(=O)c3ccc(Oc4ccccc4)cc3)nc12.Cl. The summed E-state index contributed by atoms with van der Waals surface area (Å²) in [6.45, 7) is 6.85. The van der Waals surface area contributed by atoms with Crippen molar-refractivity contribution in [3.05, 3.63) is 82.9 Å². The predicted octanol–water partition coefficient (Wildman–Crippen LogP) is 6.84. The average Bonchev–Trinajstić information content (AvgIpc) is 3.32. The van der Waals surface area contributed by atoms with Gasteiger partial charge in [0, 0.05) is 36.8 Å². The van der Waals surface area contributed by atoms with Gasteiger partial charge in [-0.3, -0.25) is 14.6 Å². The molecule has 1 aliphatic rings. The molecular weight excluding hydrogens is 529 g/mol. The third-order valence-electron chi connectivity index (χ3n) is 6.15. The van der Waals surface area contributed by atoms with Gasteiger partial charge in [0.05, 0.1) is 23.4 Å². The maximum absolute atomic E-state index is 13.7. The second-order valence-corrected chi connectivity index (χ2v) is 10.2. The first kappa shape index (κ1) is 27.4. The van der Waals surface area contributed by atoms with Gasteiger partial charge in [0.1, 0.15) is 11.5 Å². The highest BCUT2D eigenvalue weighted by Gasteiger charge is 2.22. The van der Waals surface area contributed by atoms with Gasteiger partial charge in [0.25, 0.3) is 5.91 Å². The Kier molecular flexibility index (Phi) is 9.40. The molecule has 0 saturated carbocycles. The minimum absolute atomic E-state index is 0. The van der Waals surface area contributed by atoms with Crippen LogP contribution in [0.5, 0.6) is 11.5 Å². The molecule has 1 saturated heterocycles. The number of fused-ring (bicyclic) bond motifs is 1.